The van der Waals surface area contributed by atoms with Gasteiger partial charge in [0.15, 0.2) is 0 Å². The van der Waals surface area contributed by atoms with E-state index in [1.54, 1.807) is 42.5 Å². The first-order valence-corrected chi connectivity index (χ1v) is 8.52. The zero-order valence-corrected chi connectivity index (χ0v) is 14.7. The molecule has 0 spiro atoms. The number of hydrogen-bond acceptors (Lipinski definition) is 3. The third-order valence-electron chi connectivity index (χ3n) is 4.49. The molecule has 0 N–H and O–H groups in total. The van der Waals surface area contributed by atoms with Crippen molar-refractivity contribution in [3.8, 4) is 5.75 Å². The first-order valence-electron chi connectivity index (χ1n) is 8.52. The zero-order chi connectivity index (χ0) is 19.4. The SMILES string of the molecule is COc1ccc(/C=C/C[C@H](C(=O)N2CCc3cccnc32)C(F)(F)F)cc1. The molecule has 0 bridgehead atoms. The lowest BCUT2D eigenvalue weighted by Gasteiger charge is -2.24. The van der Waals surface area contributed by atoms with Crippen LogP contribution < -0.4 is 9.64 Å². The fourth-order valence-corrected chi connectivity index (χ4v) is 3.04. The first kappa shape index (κ1) is 18.9. The van der Waals surface area contributed by atoms with Gasteiger partial charge in [0, 0.05) is 12.7 Å². The number of rotatable bonds is 5. The van der Waals surface area contributed by atoms with Crippen LogP contribution in [-0.2, 0) is 11.2 Å². The van der Waals surface area contributed by atoms with Crippen LogP contribution in [0.1, 0.15) is 17.5 Å². The monoisotopic (exact) mass is 376 g/mol. The number of anilines is 1. The van der Waals surface area contributed by atoms with E-state index >= 15 is 0 Å². The molecule has 7 heteroatoms. The quantitative estimate of drug-likeness (QED) is 0.783. The van der Waals surface area contributed by atoms with Gasteiger partial charge in [-0.05, 0) is 42.2 Å². The molecular formula is C20H19F3N2O2. The average molecular weight is 376 g/mol. The van der Waals surface area contributed by atoms with Crippen LogP contribution in [-0.4, -0.2) is 30.7 Å². The highest BCUT2D eigenvalue weighted by Gasteiger charge is 2.47. The van der Waals surface area contributed by atoms with Gasteiger partial charge in [-0.25, -0.2) is 4.98 Å². The molecule has 0 radical (unpaired) electrons. The number of benzene rings is 1. The lowest BCUT2D eigenvalue weighted by Crippen LogP contribution is -2.42. The number of amides is 1. The molecule has 3 rings (SSSR count). The van der Waals surface area contributed by atoms with E-state index in [0.717, 1.165) is 16.0 Å². The van der Waals surface area contributed by atoms with Gasteiger partial charge >= 0.3 is 6.18 Å². The summed E-state index contributed by atoms with van der Waals surface area (Å²) in [6.45, 7) is 0.222. The molecule has 1 aromatic carbocycles. The lowest BCUT2D eigenvalue weighted by atomic mass is 10.0. The van der Waals surface area contributed by atoms with Crippen molar-refractivity contribution in [2.45, 2.75) is 19.0 Å². The molecular weight excluding hydrogens is 357 g/mol. The van der Waals surface area contributed by atoms with E-state index in [0.29, 0.717) is 18.0 Å². The Morgan fingerprint density at radius 1 is 1.30 bits per heavy atom. The third kappa shape index (κ3) is 4.30. The summed E-state index contributed by atoms with van der Waals surface area (Å²) in [5.41, 5.74) is 1.53. The van der Waals surface area contributed by atoms with Gasteiger partial charge in [-0.1, -0.05) is 30.4 Å². The van der Waals surface area contributed by atoms with E-state index in [1.165, 1.54) is 19.4 Å². The summed E-state index contributed by atoms with van der Waals surface area (Å²) in [5, 5.41) is 0. The Morgan fingerprint density at radius 2 is 2.04 bits per heavy atom. The minimum Gasteiger partial charge on any atom is -0.497 e. The normalized spacial score (nSPS) is 15.0. The maximum Gasteiger partial charge on any atom is 0.400 e. The molecule has 1 aliphatic heterocycles. The van der Waals surface area contributed by atoms with Crippen LogP contribution in [0.2, 0.25) is 0 Å². The van der Waals surface area contributed by atoms with Gasteiger partial charge in [0.2, 0.25) is 5.91 Å². The highest BCUT2D eigenvalue weighted by molar-refractivity contribution is 5.96. The Bertz CT molecular complexity index is 832. The summed E-state index contributed by atoms with van der Waals surface area (Å²) in [6, 6.07) is 10.4. The van der Waals surface area contributed by atoms with Gasteiger partial charge < -0.3 is 4.74 Å². The Labute approximate surface area is 155 Å². The number of alkyl halides is 3. The van der Waals surface area contributed by atoms with Gasteiger partial charge in [0.1, 0.15) is 17.5 Å². The summed E-state index contributed by atoms with van der Waals surface area (Å²) in [5.74, 6) is -2.06. The van der Waals surface area contributed by atoms with E-state index in [4.69, 9.17) is 4.74 Å². The molecule has 1 atom stereocenters. The number of carbonyl (C=O) groups is 1. The molecule has 4 nitrogen and oxygen atoms in total. The van der Waals surface area contributed by atoms with Crippen molar-refractivity contribution in [3.05, 3.63) is 59.8 Å². The van der Waals surface area contributed by atoms with E-state index in [2.05, 4.69) is 4.98 Å². The molecule has 2 heterocycles. The molecule has 27 heavy (non-hydrogen) atoms. The Hall–Kier alpha value is -2.83. The van der Waals surface area contributed by atoms with Gasteiger partial charge in [-0.2, -0.15) is 13.2 Å². The first-order chi connectivity index (χ1) is 12.9. The minimum atomic E-state index is -4.63. The van der Waals surface area contributed by atoms with Crippen molar-refractivity contribution in [1.29, 1.82) is 0 Å². The molecule has 0 aliphatic carbocycles. The number of pyridine rings is 1. The molecule has 0 unspecified atom stereocenters. The predicted molar refractivity (Wildman–Crippen MR) is 96.5 cm³/mol. The maximum atomic E-state index is 13.5. The molecule has 0 saturated carbocycles. The van der Waals surface area contributed by atoms with Crippen LogP contribution in [0, 0.1) is 5.92 Å². The number of halogens is 3. The molecule has 142 valence electrons. The number of fused-ring (bicyclic) bond motifs is 1. The van der Waals surface area contributed by atoms with Crippen LogP contribution in [0.25, 0.3) is 6.08 Å². The number of carbonyl (C=O) groups excluding carboxylic acids is 1. The van der Waals surface area contributed by atoms with Crippen LogP contribution in [0.15, 0.2) is 48.7 Å². The minimum absolute atomic E-state index is 0.222. The largest absolute Gasteiger partial charge is 0.497 e. The smallest absolute Gasteiger partial charge is 0.400 e. The van der Waals surface area contributed by atoms with Gasteiger partial charge in [0.05, 0.1) is 7.11 Å². The number of aromatic nitrogens is 1. The molecule has 0 fully saturated rings. The maximum absolute atomic E-state index is 13.5. The lowest BCUT2D eigenvalue weighted by molar-refractivity contribution is -0.180. The molecule has 1 aliphatic rings. The highest BCUT2D eigenvalue weighted by Crippen LogP contribution is 2.34. The topological polar surface area (TPSA) is 42.4 Å². The van der Waals surface area contributed by atoms with E-state index in [9.17, 15) is 18.0 Å². The van der Waals surface area contributed by atoms with Crippen LogP contribution in [0.4, 0.5) is 19.0 Å². The van der Waals surface area contributed by atoms with Crippen LogP contribution >= 0.6 is 0 Å². The highest BCUT2D eigenvalue weighted by atomic mass is 19.4. The van der Waals surface area contributed by atoms with Crippen LogP contribution in [0.5, 0.6) is 5.75 Å². The summed E-state index contributed by atoms with van der Waals surface area (Å²) in [4.78, 5) is 17.8. The van der Waals surface area contributed by atoms with Crippen LogP contribution in [0.3, 0.4) is 0 Å². The van der Waals surface area contributed by atoms with E-state index in [1.807, 2.05) is 0 Å². The number of hydrogen-bond donors (Lipinski definition) is 0. The summed E-state index contributed by atoms with van der Waals surface area (Å²) >= 11 is 0. The van der Waals surface area contributed by atoms with Crippen molar-refractivity contribution < 1.29 is 22.7 Å². The summed E-state index contributed by atoms with van der Waals surface area (Å²) in [6.07, 6.45) is -0.0986. The Kier molecular flexibility index (Phi) is 5.48. The second kappa shape index (κ2) is 7.82. The van der Waals surface area contributed by atoms with Crippen molar-refractivity contribution in [2.24, 2.45) is 5.92 Å². The predicted octanol–water partition coefficient (Wildman–Crippen LogP) is 4.26. The van der Waals surface area contributed by atoms with Gasteiger partial charge in [-0.15, -0.1) is 0 Å². The van der Waals surface area contributed by atoms with E-state index < -0.39 is 24.4 Å². The Morgan fingerprint density at radius 3 is 2.70 bits per heavy atom. The standard InChI is InChI=1S/C20H19F3N2O2/c1-27-16-9-7-14(8-10-16)4-2-6-17(20(21,22)23)19(26)25-13-11-15-5-3-12-24-18(15)25/h2-5,7-10,12,17H,6,11,13H2,1H3/b4-2+/t17-/m1/s1. The van der Waals surface area contributed by atoms with E-state index in [-0.39, 0.29) is 6.54 Å². The fraction of sp³-hybridized carbons (Fsp3) is 0.300. The zero-order valence-electron chi connectivity index (χ0n) is 14.7. The summed E-state index contributed by atoms with van der Waals surface area (Å²) < 4.78 is 45.6. The molecule has 1 amide bonds. The molecule has 2 aromatic rings. The summed E-state index contributed by atoms with van der Waals surface area (Å²) in [7, 11) is 1.54. The number of methoxy groups -OCH3 is 1. The van der Waals surface area contributed by atoms with Crippen molar-refractivity contribution in [2.75, 3.05) is 18.6 Å². The van der Waals surface area contributed by atoms with Crippen molar-refractivity contribution in [1.82, 2.24) is 4.98 Å². The third-order valence-corrected chi connectivity index (χ3v) is 4.49. The van der Waals surface area contributed by atoms with Gasteiger partial charge in [-0.3, -0.25) is 9.69 Å². The molecule has 0 saturated heterocycles. The van der Waals surface area contributed by atoms with Gasteiger partial charge in [0.25, 0.3) is 0 Å². The second-order valence-corrected chi connectivity index (χ2v) is 6.23. The van der Waals surface area contributed by atoms with Crippen molar-refractivity contribution >= 4 is 17.8 Å². The fourth-order valence-electron chi connectivity index (χ4n) is 3.04. The average Bonchev–Trinajstić information content (AvgIpc) is 3.08. The molecule has 1 aromatic heterocycles. The van der Waals surface area contributed by atoms with Crippen molar-refractivity contribution in [3.63, 3.8) is 0 Å². The number of allylic oxidation sites excluding steroid dienone is 1. The number of ether oxygens (including phenoxy) is 1. The Balaban J connectivity index is 1.74. The second-order valence-electron chi connectivity index (χ2n) is 6.23. The number of nitrogens with zero attached hydrogens (tertiary/aromatic N) is 2.